The van der Waals surface area contributed by atoms with Crippen LogP contribution in [0.4, 0.5) is 0 Å². The smallest absolute Gasteiger partial charge is 0.194 e. The maximum absolute atomic E-state index is 14.7. The van der Waals surface area contributed by atoms with Crippen LogP contribution in [0.5, 0.6) is 0 Å². The molecule has 2 aliphatic heterocycles. The van der Waals surface area contributed by atoms with E-state index in [1.807, 2.05) is 36.4 Å². The molecule has 4 aromatic heterocycles. The fourth-order valence-electron chi connectivity index (χ4n) is 8.58. The number of aromatic nitrogens is 4. The number of hydrogen-bond donors (Lipinski definition) is 0. The number of ketones is 1. The van der Waals surface area contributed by atoms with E-state index >= 15 is 0 Å². The second kappa shape index (κ2) is 14.6. The van der Waals surface area contributed by atoms with Crippen LogP contribution in [0.15, 0.2) is 85.2 Å². The van der Waals surface area contributed by atoms with E-state index in [9.17, 15) is 4.79 Å². The van der Waals surface area contributed by atoms with Crippen molar-refractivity contribution in [1.82, 2.24) is 18.8 Å². The van der Waals surface area contributed by atoms with Gasteiger partial charge in [0.2, 0.25) is 0 Å². The third kappa shape index (κ3) is 7.16. The van der Waals surface area contributed by atoms with Gasteiger partial charge in [0, 0.05) is 72.2 Å². The van der Waals surface area contributed by atoms with Crippen LogP contribution in [0.3, 0.4) is 0 Å². The molecule has 7 nitrogen and oxygen atoms in total. The molecular formula is C47H54N4O3. The van der Waals surface area contributed by atoms with Gasteiger partial charge in [-0.25, -0.2) is 9.97 Å². The van der Waals surface area contributed by atoms with E-state index in [2.05, 4.69) is 99.1 Å². The molecule has 0 amide bonds. The van der Waals surface area contributed by atoms with Crippen molar-refractivity contribution in [3.8, 4) is 22.3 Å². The van der Waals surface area contributed by atoms with Crippen LogP contribution >= 0.6 is 0 Å². The topological polar surface area (TPSA) is 70.1 Å². The highest BCUT2D eigenvalue weighted by molar-refractivity contribution is 6.16. The number of carbonyl (C=O) groups excluding carboxylic acids is 1. The SMILES string of the molecule is CC(C)(C)c1nc2cc(-c3ccccc3C(=O)c3ccccc3-c3ccn4c(CC5CCOCC5)c(C(C)(C)C)nc4c3)ccn2c1CC1CCOCC1. The quantitative estimate of drug-likeness (QED) is 0.146. The number of ether oxygens (including phenoxy) is 2. The van der Waals surface area contributed by atoms with E-state index in [0.717, 1.165) is 110 Å². The summed E-state index contributed by atoms with van der Waals surface area (Å²) in [5.74, 6) is 1.18. The standard InChI is InChI=1S/C47H54N4O3/c1-46(2,3)44-39(27-31-17-23-53-24-18-31)50-21-15-33(29-41(50)48-44)35-11-7-9-13-37(35)43(52)38-14-10-8-12-36(38)34-16-22-51-40(28-32-19-25-54-26-20-32)45(47(4,5)6)49-42(51)30-34/h7-16,21-22,29-32H,17-20,23-28H2,1-6H3. The summed E-state index contributed by atoms with van der Waals surface area (Å²) in [6.45, 7) is 16.8. The molecule has 2 aromatic carbocycles. The van der Waals surface area contributed by atoms with Gasteiger partial charge >= 0.3 is 0 Å². The molecule has 2 saturated heterocycles. The number of carbonyl (C=O) groups is 1. The van der Waals surface area contributed by atoms with Crippen LogP contribution < -0.4 is 0 Å². The Morgan fingerprint density at radius 1 is 0.611 bits per heavy atom. The molecule has 280 valence electrons. The average molecular weight is 723 g/mol. The van der Waals surface area contributed by atoms with Crippen molar-refractivity contribution in [1.29, 1.82) is 0 Å². The molecule has 8 rings (SSSR count). The van der Waals surface area contributed by atoms with Crippen molar-refractivity contribution >= 4 is 17.1 Å². The van der Waals surface area contributed by atoms with Gasteiger partial charge in [-0.3, -0.25) is 4.79 Å². The first-order chi connectivity index (χ1) is 26.0. The molecule has 0 atom stereocenters. The zero-order valence-electron chi connectivity index (χ0n) is 32.8. The second-order valence-electron chi connectivity index (χ2n) is 17.5. The van der Waals surface area contributed by atoms with Crippen LogP contribution in [0, 0.1) is 11.8 Å². The lowest BCUT2D eigenvalue weighted by molar-refractivity contribution is 0.0660. The van der Waals surface area contributed by atoms with Crippen molar-refractivity contribution in [3.05, 3.63) is 119 Å². The normalized spacial score (nSPS) is 16.4. The number of benzene rings is 2. The van der Waals surface area contributed by atoms with Crippen molar-refractivity contribution in [2.75, 3.05) is 26.4 Å². The minimum atomic E-state index is -0.0929. The minimum absolute atomic E-state index is 0.00111. The van der Waals surface area contributed by atoms with Crippen molar-refractivity contribution in [3.63, 3.8) is 0 Å². The van der Waals surface area contributed by atoms with Crippen LogP contribution in [0.2, 0.25) is 0 Å². The highest BCUT2D eigenvalue weighted by Crippen LogP contribution is 2.36. The zero-order chi connectivity index (χ0) is 37.6. The van der Waals surface area contributed by atoms with E-state index in [4.69, 9.17) is 19.4 Å². The number of hydrogen-bond acceptors (Lipinski definition) is 5. The Kier molecular flexibility index (Phi) is 9.82. The molecule has 0 spiro atoms. The summed E-state index contributed by atoms with van der Waals surface area (Å²) in [7, 11) is 0. The summed E-state index contributed by atoms with van der Waals surface area (Å²) in [6, 6.07) is 24.6. The third-order valence-corrected chi connectivity index (χ3v) is 11.5. The molecule has 0 saturated carbocycles. The first-order valence-corrected chi connectivity index (χ1v) is 19.9. The number of nitrogens with zero attached hydrogens (tertiary/aromatic N) is 4. The summed E-state index contributed by atoms with van der Waals surface area (Å²) < 4.78 is 15.9. The maximum Gasteiger partial charge on any atom is 0.194 e. The molecular weight excluding hydrogens is 669 g/mol. The lowest BCUT2D eigenvalue weighted by Gasteiger charge is -2.24. The van der Waals surface area contributed by atoms with Crippen LogP contribution in [-0.2, 0) is 33.1 Å². The molecule has 0 bridgehead atoms. The van der Waals surface area contributed by atoms with Gasteiger partial charge in [0.15, 0.2) is 5.78 Å². The molecule has 0 aliphatic carbocycles. The fraction of sp³-hybridized carbons (Fsp3) is 0.426. The number of imidazole rings is 2. The predicted octanol–water partition coefficient (Wildman–Crippen LogP) is 10.1. The third-order valence-electron chi connectivity index (χ3n) is 11.5. The first-order valence-electron chi connectivity index (χ1n) is 19.9. The van der Waals surface area contributed by atoms with Gasteiger partial charge in [-0.1, -0.05) is 90.1 Å². The van der Waals surface area contributed by atoms with Crippen LogP contribution in [0.1, 0.15) is 106 Å². The van der Waals surface area contributed by atoms with E-state index in [1.54, 1.807) is 0 Å². The molecule has 0 N–H and O–H groups in total. The van der Waals surface area contributed by atoms with Gasteiger partial charge in [-0.05, 0) is 96.9 Å². The Hall–Kier alpha value is -4.59. The average Bonchev–Trinajstić information content (AvgIpc) is 3.73. The fourth-order valence-corrected chi connectivity index (χ4v) is 8.58. The Morgan fingerprint density at radius 2 is 1.00 bits per heavy atom. The lowest BCUT2D eigenvalue weighted by atomic mass is 9.86. The summed E-state index contributed by atoms with van der Waals surface area (Å²) in [6.07, 6.45) is 10.6. The molecule has 2 fully saturated rings. The van der Waals surface area contributed by atoms with E-state index < -0.39 is 0 Å². The van der Waals surface area contributed by atoms with Gasteiger partial charge in [0.1, 0.15) is 11.3 Å². The number of fused-ring (bicyclic) bond motifs is 2. The Bertz CT molecular complexity index is 2140. The number of pyridine rings is 2. The first kappa shape index (κ1) is 36.4. The Labute approximate surface area is 319 Å². The van der Waals surface area contributed by atoms with Crippen molar-refractivity contribution < 1.29 is 14.3 Å². The number of rotatable bonds is 8. The van der Waals surface area contributed by atoms with Gasteiger partial charge in [0.25, 0.3) is 0 Å². The van der Waals surface area contributed by atoms with Gasteiger partial charge in [-0.15, -0.1) is 0 Å². The Balaban J connectivity index is 1.15. The van der Waals surface area contributed by atoms with E-state index in [0.29, 0.717) is 23.0 Å². The molecule has 2 aliphatic rings. The molecule has 6 heterocycles. The molecule has 0 unspecified atom stereocenters. The van der Waals surface area contributed by atoms with Gasteiger partial charge < -0.3 is 18.3 Å². The second-order valence-corrected chi connectivity index (χ2v) is 17.5. The molecule has 7 heteroatoms. The van der Waals surface area contributed by atoms with Crippen molar-refractivity contribution in [2.45, 2.75) is 90.9 Å². The lowest BCUT2D eigenvalue weighted by Crippen LogP contribution is -2.21. The summed E-state index contributed by atoms with van der Waals surface area (Å²) >= 11 is 0. The highest BCUT2D eigenvalue weighted by atomic mass is 16.5. The summed E-state index contributed by atoms with van der Waals surface area (Å²) in [5, 5.41) is 0. The monoisotopic (exact) mass is 722 g/mol. The van der Waals surface area contributed by atoms with E-state index in [-0.39, 0.29) is 16.6 Å². The molecule has 54 heavy (non-hydrogen) atoms. The minimum Gasteiger partial charge on any atom is -0.381 e. The Morgan fingerprint density at radius 3 is 1.39 bits per heavy atom. The summed E-state index contributed by atoms with van der Waals surface area (Å²) in [4.78, 5) is 25.2. The molecule has 0 radical (unpaired) electrons. The van der Waals surface area contributed by atoms with Crippen LogP contribution in [0.25, 0.3) is 33.5 Å². The molecule has 6 aromatic rings. The largest absolute Gasteiger partial charge is 0.381 e. The van der Waals surface area contributed by atoms with Crippen molar-refractivity contribution in [2.24, 2.45) is 11.8 Å². The van der Waals surface area contributed by atoms with Gasteiger partial charge in [-0.2, -0.15) is 0 Å². The predicted molar refractivity (Wildman–Crippen MR) is 217 cm³/mol. The van der Waals surface area contributed by atoms with Gasteiger partial charge in [0.05, 0.1) is 11.4 Å². The summed E-state index contributed by atoms with van der Waals surface area (Å²) in [5.41, 5.74) is 11.6. The van der Waals surface area contributed by atoms with E-state index in [1.165, 1.54) is 11.4 Å². The maximum atomic E-state index is 14.7. The highest BCUT2D eigenvalue weighted by Gasteiger charge is 2.29. The zero-order valence-corrected chi connectivity index (χ0v) is 32.8. The van der Waals surface area contributed by atoms with Crippen LogP contribution in [-0.4, -0.2) is 51.0 Å².